The molecular weight excluding hydrogens is 464 g/mol. The van der Waals surface area contributed by atoms with Crippen molar-refractivity contribution in [1.29, 1.82) is 0 Å². The topological polar surface area (TPSA) is 62.3 Å². The Hall–Kier alpha value is -3.54. The number of hydrogen-bond acceptors (Lipinski definition) is 6. The van der Waals surface area contributed by atoms with Gasteiger partial charge in [0.05, 0.1) is 11.3 Å². The van der Waals surface area contributed by atoms with Crippen LogP contribution in [0.4, 0.5) is 43.8 Å². The van der Waals surface area contributed by atoms with Crippen LogP contribution in [0.2, 0.25) is 0 Å². The minimum Gasteiger partial charge on any atom is -0.406 e. The molecule has 2 N–H and O–H groups in total. The van der Waals surface area contributed by atoms with Crippen LogP contribution in [0, 0.1) is 0 Å². The van der Waals surface area contributed by atoms with E-state index in [4.69, 9.17) is 0 Å². The minimum absolute atomic E-state index is 0.191. The summed E-state index contributed by atoms with van der Waals surface area (Å²) < 4.78 is 80.3. The average Bonchev–Trinajstić information content (AvgIpc) is 2.72. The molecule has 0 unspecified atom stereocenters. The molecule has 0 aliphatic carbocycles. The number of halogens is 6. The third-order valence-electron chi connectivity index (χ3n) is 4.42. The molecule has 6 nitrogen and oxygen atoms in total. The lowest BCUT2D eigenvalue weighted by Crippen LogP contribution is -2.21. The molecule has 0 aliphatic rings. The van der Waals surface area contributed by atoms with Crippen LogP contribution in [0.5, 0.6) is 5.75 Å². The molecule has 182 valence electrons. The maximum Gasteiger partial charge on any atom is 0.573 e. The van der Waals surface area contributed by atoms with Gasteiger partial charge in [-0.15, -0.1) is 13.2 Å². The highest BCUT2D eigenvalue weighted by Gasteiger charge is 2.31. The maximum atomic E-state index is 12.8. The molecular formula is C22H21F6N5O. The first-order valence-electron chi connectivity index (χ1n) is 9.97. The van der Waals surface area contributed by atoms with E-state index in [9.17, 15) is 26.3 Å². The summed E-state index contributed by atoms with van der Waals surface area (Å²) in [4.78, 5) is 10.6. The zero-order valence-electron chi connectivity index (χ0n) is 18.1. The monoisotopic (exact) mass is 485 g/mol. The number of likely N-dealkylation sites (N-methyl/N-ethyl adjacent to an activating group) is 1. The Morgan fingerprint density at radius 3 is 2.24 bits per heavy atom. The van der Waals surface area contributed by atoms with Gasteiger partial charge in [0, 0.05) is 30.4 Å². The molecule has 0 saturated heterocycles. The summed E-state index contributed by atoms with van der Waals surface area (Å²) in [7, 11) is 3.76. The molecule has 1 aromatic heterocycles. The van der Waals surface area contributed by atoms with Crippen LogP contribution in [-0.4, -0.2) is 48.4 Å². The molecule has 1 heterocycles. The number of anilines is 3. The second kappa shape index (κ2) is 10.2. The normalized spacial score (nSPS) is 12.0. The van der Waals surface area contributed by atoms with E-state index in [-0.39, 0.29) is 17.5 Å². The Bertz CT molecular complexity index is 1100. The van der Waals surface area contributed by atoms with Crippen LogP contribution in [0.3, 0.4) is 0 Å². The summed E-state index contributed by atoms with van der Waals surface area (Å²) in [5.41, 5.74) is 0.152. The predicted octanol–water partition coefficient (Wildman–Crippen LogP) is 5.78. The highest BCUT2D eigenvalue weighted by molar-refractivity contribution is 5.68. The van der Waals surface area contributed by atoms with Crippen LogP contribution in [0.15, 0.2) is 54.6 Å². The second-order valence-electron chi connectivity index (χ2n) is 7.47. The van der Waals surface area contributed by atoms with Crippen molar-refractivity contribution < 1.29 is 31.1 Å². The third-order valence-corrected chi connectivity index (χ3v) is 4.42. The van der Waals surface area contributed by atoms with Gasteiger partial charge in [-0.2, -0.15) is 18.2 Å². The van der Waals surface area contributed by atoms with Crippen LogP contribution in [-0.2, 0) is 6.18 Å². The molecule has 0 spiro atoms. The van der Waals surface area contributed by atoms with Crippen molar-refractivity contribution in [3.63, 3.8) is 0 Å². The summed E-state index contributed by atoms with van der Waals surface area (Å²) in [5.74, 6) is 0.0122. The highest BCUT2D eigenvalue weighted by atomic mass is 19.4. The van der Waals surface area contributed by atoms with Crippen LogP contribution < -0.4 is 15.4 Å². The molecule has 0 amide bonds. The number of benzene rings is 2. The first-order chi connectivity index (χ1) is 15.9. The molecule has 34 heavy (non-hydrogen) atoms. The number of aromatic nitrogens is 2. The van der Waals surface area contributed by atoms with E-state index >= 15 is 0 Å². The Morgan fingerprint density at radius 2 is 1.62 bits per heavy atom. The molecule has 0 bridgehead atoms. The third kappa shape index (κ3) is 7.51. The Morgan fingerprint density at radius 1 is 0.912 bits per heavy atom. The lowest BCUT2D eigenvalue weighted by atomic mass is 10.1. The van der Waals surface area contributed by atoms with E-state index in [0.717, 1.165) is 18.2 Å². The number of hydrogen-bond donors (Lipinski definition) is 2. The summed E-state index contributed by atoms with van der Waals surface area (Å²) in [6, 6.07) is 11.1. The lowest BCUT2D eigenvalue weighted by molar-refractivity contribution is -0.274. The molecule has 3 rings (SSSR count). The van der Waals surface area contributed by atoms with Gasteiger partial charge in [-0.05, 0) is 50.5 Å². The van der Waals surface area contributed by atoms with Gasteiger partial charge in [0.1, 0.15) is 11.6 Å². The quantitative estimate of drug-likeness (QED) is 0.395. The van der Waals surface area contributed by atoms with Gasteiger partial charge in [-0.3, -0.25) is 0 Å². The van der Waals surface area contributed by atoms with Crippen molar-refractivity contribution in [3.05, 3.63) is 60.2 Å². The predicted molar refractivity (Wildman–Crippen MR) is 116 cm³/mol. The van der Waals surface area contributed by atoms with Gasteiger partial charge in [-0.1, -0.05) is 12.1 Å². The molecule has 0 saturated carbocycles. The van der Waals surface area contributed by atoms with Crippen LogP contribution in [0.1, 0.15) is 5.56 Å². The minimum atomic E-state index is -4.85. The highest BCUT2D eigenvalue weighted by Crippen LogP contribution is 2.32. The molecule has 2 aromatic carbocycles. The molecule has 0 atom stereocenters. The van der Waals surface area contributed by atoms with Gasteiger partial charge in [0.2, 0.25) is 5.95 Å². The fourth-order valence-electron chi connectivity index (χ4n) is 2.87. The van der Waals surface area contributed by atoms with Crippen molar-refractivity contribution in [2.24, 2.45) is 0 Å². The Balaban J connectivity index is 1.92. The van der Waals surface area contributed by atoms with Crippen molar-refractivity contribution in [3.8, 4) is 17.0 Å². The zero-order chi connectivity index (χ0) is 24.9. The Kier molecular flexibility index (Phi) is 7.50. The van der Waals surface area contributed by atoms with Gasteiger partial charge in [-0.25, -0.2) is 4.98 Å². The van der Waals surface area contributed by atoms with Crippen LogP contribution in [0.25, 0.3) is 11.3 Å². The van der Waals surface area contributed by atoms with E-state index in [2.05, 4.69) is 25.3 Å². The number of ether oxygens (including phenoxy) is 1. The summed E-state index contributed by atoms with van der Waals surface area (Å²) >= 11 is 0. The van der Waals surface area contributed by atoms with Crippen molar-refractivity contribution in [1.82, 2.24) is 14.9 Å². The van der Waals surface area contributed by atoms with Crippen molar-refractivity contribution in [2.45, 2.75) is 12.5 Å². The zero-order valence-corrected chi connectivity index (χ0v) is 18.1. The largest absolute Gasteiger partial charge is 0.573 e. The second-order valence-corrected chi connectivity index (χ2v) is 7.47. The number of nitrogens with zero attached hydrogens (tertiary/aromatic N) is 3. The van der Waals surface area contributed by atoms with E-state index in [1.165, 1.54) is 30.3 Å². The number of nitrogens with one attached hydrogen (secondary N) is 2. The first kappa shape index (κ1) is 25.1. The lowest BCUT2D eigenvalue weighted by Gasteiger charge is -2.14. The van der Waals surface area contributed by atoms with Gasteiger partial charge in [0.25, 0.3) is 0 Å². The summed E-state index contributed by atoms with van der Waals surface area (Å²) in [5, 5.41) is 5.94. The molecule has 0 fully saturated rings. The molecule has 12 heteroatoms. The van der Waals surface area contributed by atoms with E-state index in [0.29, 0.717) is 24.3 Å². The van der Waals surface area contributed by atoms with Gasteiger partial charge >= 0.3 is 12.5 Å². The molecule has 0 aliphatic heterocycles. The van der Waals surface area contributed by atoms with Crippen molar-refractivity contribution in [2.75, 3.05) is 37.8 Å². The van der Waals surface area contributed by atoms with Crippen LogP contribution >= 0.6 is 0 Å². The fraction of sp³-hybridized carbons (Fsp3) is 0.273. The fourth-order valence-corrected chi connectivity index (χ4v) is 2.87. The SMILES string of the molecule is CN(C)CCNc1nc(Nc2ccc(C(F)(F)F)cc2)cc(-c2cccc(OC(F)(F)F)c2)n1. The van der Waals surface area contributed by atoms with E-state index in [1.807, 2.05) is 19.0 Å². The average molecular weight is 485 g/mol. The molecule has 0 radical (unpaired) electrons. The Labute approximate surface area is 191 Å². The van der Waals surface area contributed by atoms with E-state index in [1.54, 1.807) is 6.07 Å². The number of alkyl halides is 6. The smallest absolute Gasteiger partial charge is 0.406 e. The maximum absolute atomic E-state index is 12.8. The van der Waals surface area contributed by atoms with Gasteiger partial charge in [0.15, 0.2) is 0 Å². The number of rotatable bonds is 8. The summed E-state index contributed by atoms with van der Waals surface area (Å²) in [6.45, 7) is 1.14. The van der Waals surface area contributed by atoms with Crippen molar-refractivity contribution >= 4 is 17.5 Å². The molecule has 3 aromatic rings. The first-order valence-corrected chi connectivity index (χ1v) is 9.97. The van der Waals surface area contributed by atoms with Gasteiger partial charge < -0.3 is 20.3 Å². The summed E-state index contributed by atoms with van der Waals surface area (Å²) in [6.07, 6.45) is -9.31. The standard InChI is InChI=1S/C22H21F6N5O/c1-33(2)11-10-29-20-31-18(14-4-3-5-17(12-14)34-22(26,27)28)13-19(32-20)30-16-8-6-15(7-9-16)21(23,24)25/h3-9,12-13H,10-11H2,1-2H3,(H2,29,30,31,32). The van der Waals surface area contributed by atoms with E-state index < -0.39 is 23.9 Å².